The van der Waals surface area contributed by atoms with Gasteiger partial charge in [0, 0.05) is 6.08 Å². The van der Waals surface area contributed by atoms with Gasteiger partial charge in [-0.15, -0.1) is 0 Å². The fourth-order valence-corrected chi connectivity index (χ4v) is 4.02. The van der Waals surface area contributed by atoms with Crippen molar-refractivity contribution in [2.45, 2.75) is 56.9 Å². The quantitative estimate of drug-likeness (QED) is 0.596. The second kappa shape index (κ2) is 9.52. The van der Waals surface area contributed by atoms with E-state index >= 15 is 0 Å². The zero-order chi connectivity index (χ0) is 22.6. The monoisotopic (exact) mass is 440 g/mol. The van der Waals surface area contributed by atoms with E-state index in [-0.39, 0.29) is 6.61 Å². The number of benzene rings is 2. The minimum Gasteiger partial charge on any atom is -0.478 e. The van der Waals surface area contributed by atoms with Gasteiger partial charge in [-0.05, 0) is 31.1 Å². The maximum Gasteiger partial charge on any atom is 0.328 e. The first-order chi connectivity index (χ1) is 15.4. The molecule has 32 heavy (non-hydrogen) atoms. The summed E-state index contributed by atoms with van der Waals surface area (Å²) < 4.78 is 30.5. The van der Waals surface area contributed by atoms with Crippen molar-refractivity contribution in [3.63, 3.8) is 0 Å². The van der Waals surface area contributed by atoms with Gasteiger partial charge in [-0.2, -0.15) is 0 Å². The topological polar surface area (TPSA) is 83.5 Å². The Morgan fingerprint density at radius 1 is 0.969 bits per heavy atom. The van der Waals surface area contributed by atoms with Crippen LogP contribution >= 0.6 is 0 Å². The van der Waals surface area contributed by atoms with Crippen molar-refractivity contribution in [3.05, 3.63) is 83.9 Å². The van der Waals surface area contributed by atoms with Crippen LogP contribution in [-0.4, -0.2) is 47.6 Å². The molecule has 0 aromatic heterocycles. The molecule has 2 saturated heterocycles. The van der Waals surface area contributed by atoms with Crippen LogP contribution in [0.1, 0.15) is 25.0 Å². The van der Waals surface area contributed by atoms with Crippen LogP contribution in [0.2, 0.25) is 0 Å². The first-order valence-electron chi connectivity index (χ1n) is 10.6. The first-order valence-corrected chi connectivity index (χ1v) is 10.6. The lowest BCUT2D eigenvalue weighted by molar-refractivity contribution is -0.243. The number of rotatable bonds is 9. The molecule has 2 aromatic carbocycles. The molecule has 7 nitrogen and oxygen atoms in total. The zero-order valence-electron chi connectivity index (χ0n) is 18.2. The molecule has 4 rings (SSSR count). The molecule has 0 aliphatic carbocycles. The molecule has 2 aromatic rings. The molecule has 0 radical (unpaired) electrons. The highest BCUT2D eigenvalue weighted by Crippen LogP contribution is 2.45. The molecule has 0 spiro atoms. The average molecular weight is 440 g/mol. The lowest BCUT2D eigenvalue weighted by Gasteiger charge is -2.34. The number of carboxylic acid groups (broad SMARTS) is 1. The van der Waals surface area contributed by atoms with E-state index in [0.29, 0.717) is 13.2 Å². The van der Waals surface area contributed by atoms with Crippen LogP contribution in [-0.2, 0) is 41.7 Å². The van der Waals surface area contributed by atoms with Gasteiger partial charge in [0.15, 0.2) is 12.1 Å². The molecule has 0 unspecified atom stereocenters. The molecule has 2 aliphatic heterocycles. The Morgan fingerprint density at radius 2 is 1.59 bits per heavy atom. The van der Waals surface area contributed by atoms with Crippen molar-refractivity contribution in [2.24, 2.45) is 0 Å². The van der Waals surface area contributed by atoms with E-state index < -0.39 is 35.9 Å². The molecule has 170 valence electrons. The molecule has 2 fully saturated rings. The van der Waals surface area contributed by atoms with E-state index in [9.17, 15) is 9.90 Å². The summed E-state index contributed by atoms with van der Waals surface area (Å²) in [6.07, 6.45) is 0.656. The maximum absolute atomic E-state index is 11.3. The van der Waals surface area contributed by atoms with Crippen LogP contribution in [0, 0.1) is 0 Å². The lowest BCUT2D eigenvalue weighted by atomic mass is 9.95. The van der Waals surface area contributed by atoms with Crippen LogP contribution in [0.25, 0.3) is 0 Å². The van der Waals surface area contributed by atoms with E-state index in [4.69, 9.17) is 23.7 Å². The molecule has 4 atom stereocenters. The maximum atomic E-state index is 11.3. The molecule has 7 heteroatoms. The summed E-state index contributed by atoms with van der Waals surface area (Å²) in [4.78, 5) is 11.3. The number of carbonyl (C=O) groups is 1. The van der Waals surface area contributed by atoms with Gasteiger partial charge in [0.2, 0.25) is 0 Å². The van der Waals surface area contributed by atoms with Crippen molar-refractivity contribution in [1.82, 2.24) is 0 Å². The second-order valence-electron chi connectivity index (χ2n) is 8.41. The largest absolute Gasteiger partial charge is 0.478 e. The van der Waals surface area contributed by atoms with Gasteiger partial charge in [-0.1, -0.05) is 60.7 Å². The van der Waals surface area contributed by atoms with Crippen molar-refractivity contribution in [3.8, 4) is 0 Å². The molecule has 0 amide bonds. The summed E-state index contributed by atoms with van der Waals surface area (Å²) >= 11 is 0. The third kappa shape index (κ3) is 5.26. The highest BCUT2D eigenvalue weighted by Gasteiger charge is 2.62. The van der Waals surface area contributed by atoms with Crippen molar-refractivity contribution in [2.75, 3.05) is 6.61 Å². The summed E-state index contributed by atoms with van der Waals surface area (Å²) in [7, 11) is 0. The minimum absolute atomic E-state index is 0.0747. The van der Waals surface area contributed by atoms with Crippen molar-refractivity contribution < 1.29 is 33.6 Å². The first kappa shape index (κ1) is 22.6. The van der Waals surface area contributed by atoms with Gasteiger partial charge < -0.3 is 28.8 Å². The number of ether oxygens (including phenoxy) is 5. The van der Waals surface area contributed by atoms with E-state index in [0.717, 1.165) is 17.2 Å². The van der Waals surface area contributed by atoms with Gasteiger partial charge >= 0.3 is 5.97 Å². The number of fused-ring (bicyclic) bond motifs is 1. The smallest absolute Gasteiger partial charge is 0.328 e. The minimum atomic E-state index is -1.19. The van der Waals surface area contributed by atoms with Gasteiger partial charge in [0.25, 0.3) is 0 Å². The summed E-state index contributed by atoms with van der Waals surface area (Å²) in [6.45, 7) is 4.35. The summed E-state index contributed by atoms with van der Waals surface area (Å²) in [5.74, 6) is -1.92. The number of hydrogen-bond donors (Lipinski definition) is 1. The Morgan fingerprint density at radius 3 is 2.22 bits per heavy atom. The van der Waals surface area contributed by atoms with Gasteiger partial charge in [-0.25, -0.2) is 4.79 Å². The number of carboxylic acids is 1. The highest BCUT2D eigenvalue weighted by molar-refractivity contribution is 5.80. The predicted octanol–water partition coefficient (Wildman–Crippen LogP) is 3.68. The normalized spacial score (nSPS) is 28.8. The van der Waals surface area contributed by atoms with Gasteiger partial charge in [-0.3, -0.25) is 0 Å². The second-order valence-corrected chi connectivity index (χ2v) is 8.41. The Bertz CT molecular complexity index is 928. The standard InChI is InChI=1S/C25H28O7/c1-24(2)30-21-22(29-16-19-11-7-4-8-12-19)25(14-13-20(26)27,32-23(21)31-24)17-28-15-18-9-5-3-6-10-18/h3-14,21-23H,15-17H2,1-2H3,(H,26,27)/b14-13+/t21-,22+,23+,25-/m1/s1. The SMILES string of the molecule is CC1(C)O[C@H]2O[C@](/C=C/C(=O)O)(COCc3ccccc3)[C@@H](OCc3ccccc3)[C@H]2O1. The van der Waals surface area contributed by atoms with Crippen LogP contribution in [0.15, 0.2) is 72.8 Å². The Balaban J connectivity index is 1.57. The van der Waals surface area contributed by atoms with Crippen molar-refractivity contribution >= 4 is 5.97 Å². The highest BCUT2D eigenvalue weighted by atomic mass is 16.8. The van der Waals surface area contributed by atoms with Crippen LogP contribution < -0.4 is 0 Å². The van der Waals surface area contributed by atoms with Gasteiger partial charge in [0.1, 0.15) is 17.8 Å². The van der Waals surface area contributed by atoms with Crippen molar-refractivity contribution in [1.29, 1.82) is 0 Å². The predicted molar refractivity (Wildman–Crippen MR) is 116 cm³/mol. The Hall–Kier alpha value is -2.55. The van der Waals surface area contributed by atoms with Gasteiger partial charge in [0.05, 0.1) is 19.8 Å². The molecule has 2 heterocycles. The van der Waals surface area contributed by atoms with Crippen LogP contribution in [0.4, 0.5) is 0 Å². The third-order valence-corrected chi connectivity index (χ3v) is 5.42. The molecule has 1 N–H and O–H groups in total. The average Bonchev–Trinajstić information content (AvgIpc) is 3.21. The van der Waals surface area contributed by atoms with Crippen LogP contribution in [0.5, 0.6) is 0 Å². The zero-order valence-corrected chi connectivity index (χ0v) is 18.2. The third-order valence-electron chi connectivity index (χ3n) is 5.42. The molecular formula is C25H28O7. The molecular weight excluding hydrogens is 412 g/mol. The fourth-order valence-electron chi connectivity index (χ4n) is 4.02. The van der Waals surface area contributed by atoms with E-state index in [1.165, 1.54) is 6.08 Å². The van der Waals surface area contributed by atoms with E-state index in [1.807, 2.05) is 74.5 Å². The molecule has 0 saturated carbocycles. The fraction of sp³-hybridized carbons (Fsp3) is 0.400. The van der Waals surface area contributed by atoms with Crippen LogP contribution in [0.3, 0.4) is 0 Å². The number of aliphatic carboxylic acids is 1. The number of hydrogen-bond acceptors (Lipinski definition) is 6. The van der Waals surface area contributed by atoms with E-state index in [1.54, 1.807) is 0 Å². The Labute approximate surface area is 187 Å². The summed E-state index contributed by atoms with van der Waals surface area (Å²) in [5, 5.41) is 9.29. The summed E-state index contributed by atoms with van der Waals surface area (Å²) in [5.41, 5.74) is 0.794. The Kier molecular flexibility index (Phi) is 6.74. The summed E-state index contributed by atoms with van der Waals surface area (Å²) in [6, 6.07) is 19.5. The lowest BCUT2D eigenvalue weighted by Crippen LogP contribution is -2.48. The molecule has 2 aliphatic rings. The molecule has 0 bridgehead atoms. The van der Waals surface area contributed by atoms with E-state index in [2.05, 4.69) is 0 Å².